The Morgan fingerprint density at radius 2 is 1.03 bits per heavy atom. The fourth-order valence-electron chi connectivity index (χ4n) is 4.87. The molecule has 0 aromatic carbocycles. The Morgan fingerprint density at radius 1 is 0.625 bits per heavy atom. The van der Waals surface area contributed by atoms with Crippen molar-refractivity contribution in [2.24, 2.45) is 0 Å². The molecule has 3 unspecified atom stereocenters. The quantitative estimate of drug-likeness (QED) is 0.127. The summed E-state index contributed by atoms with van der Waals surface area (Å²) in [6.45, 7) is 7.91. The Bertz CT molecular complexity index is 529. The van der Waals surface area contributed by atoms with Crippen molar-refractivity contribution in [3.8, 4) is 0 Å². The molecule has 0 saturated carbocycles. The second kappa shape index (κ2) is 16.7. The molecule has 0 aliphatic rings. The highest BCUT2D eigenvalue weighted by atomic mass is 16.4. The topological polar surface area (TPSA) is 112 Å². The maximum absolute atomic E-state index is 12.4. The van der Waals surface area contributed by atoms with Gasteiger partial charge in [0.15, 0.2) is 18.1 Å². The van der Waals surface area contributed by atoms with Crippen LogP contribution in [0.2, 0.25) is 0 Å². The molecule has 0 heterocycles. The normalized spacial score (nSPS) is 16.4. The minimum atomic E-state index is -1.11. The predicted molar refractivity (Wildman–Crippen MR) is 127 cm³/mol. The van der Waals surface area contributed by atoms with Gasteiger partial charge < -0.3 is 15.3 Å². The zero-order valence-corrected chi connectivity index (χ0v) is 20.6. The molecule has 0 amide bonds. The third-order valence-corrected chi connectivity index (χ3v) is 6.36. The summed E-state index contributed by atoms with van der Waals surface area (Å²) in [5.41, 5.74) is 0. The standard InChI is InChI=1S/C25H45NO6/c1-5-9-10-11-12-13-14-15-19-26(20(16-6-2)23(27)28,21(17-7-3)24(29)30)22(18-8-4)25(31)32/h13-14,20-22H,5-12,15-19H2,1-4H3,(H2-,27,28,29,30,31,32)/p+1/b14-13-. The van der Waals surface area contributed by atoms with E-state index in [-0.39, 0.29) is 25.8 Å². The second-order valence-electron chi connectivity index (χ2n) is 8.76. The number of rotatable bonds is 20. The molecular weight excluding hydrogens is 410 g/mol. The number of hydrogen-bond acceptors (Lipinski definition) is 3. The van der Waals surface area contributed by atoms with Crippen LogP contribution in [0.5, 0.6) is 0 Å². The van der Waals surface area contributed by atoms with Crippen molar-refractivity contribution in [1.82, 2.24) is 0 Å². The van der Waals surface area contributed by atoms with E-state index in [9.17, 15) is 29.7 Å². The summed E-state index contributed by atoms with van der Waals surface area (Å²) in [6, 6.07) is -3.21. The first-order valence-corrected chi connectivity index (χ1v) is 12.4. The number of quaternary nitrogens is 1. The van der Waals surface area contributed by atoms with Crippen molar-refractivity contribution >= 4 is 17.9 Å². The molecule has 7 heteroatoms. The number of aliphatic carboxylic acids is 3. The molecule has 0 spiro atoms. The lowest BCUT2D eigenvalue weighted by atomic mass is 9.91. The largest absolute Gasteiger partial charge is 0.477 e. The van der Waals surface area contributed by atoms with E-state index in [0.29, 0.717) is 25.7 Å². The smallest absolute Gasteiger partial charge is 0.362 e. The highest BCUT2D eigenvalue weighted by Gasteiger charge is 2.56. The van der Waals surface area contributed by atoms with Crippen molar-refractivity contribution in [1.29, 1.82) is 0 Å². The Hall–Kier alpha value is -1.89. The Labute approximate surface area is 194 Å². The minimum absolute atomic E-state index is 0.191. The van der Waals surface area contributed by atoms with Gasteiger partial charge in [-0.15, -0.1) is 0 Å². The summed E-state index contributed by atoms with van der Waals surface area (Å²) in [5.74, 6) is -3.33. The maximum Gasteiger partial charge on any atom is 0.362 e. The third-order valence-electron chi connectivity index (χ3n) is 6.36. The van der Waals surface area contributed by atoms with E-state index in [2.05, 4.69) is 13.0 Å². The fraction of sp³-hybridized carbons (Fsp3) is 0.800. The second-order valence-corrected chi connectivity index (χ2v) is 8.76. The number of carboxylic acid groups (broad SMARTS) is 3. The summed E-state index contributed by atoms with van der Waals surface area (Å²) in [6.07, 6.45) is 12.4. The summed E-state index contributed by atoms with van der Waals surface area (Å²) in [4.78, 5) is 37.2. The van der Waals surface area contributed by atoms with Gasteiger partial charge in [-0.1, -0.05) is 59.1 Å². The fourth-order valence-corrected chi connectivity index (χ4v) is 4.87. The van der Waals surface area contributed by atoms with E-state index in [4.69, 9.17) is 0 Å². The number of carboxylic acids is 3. The SMILES string of the molecule is CCCCCC/C=C\CC[N+](C(CCC)C(=O)O)(C(CCC)C(=O)O)C(CCC)C(=O)O. The monoisotopic (exact) mass is 456 g/mol. The van der Waals surface area contributed by atoms with Gasteiger partial charge in [0.05, 0.1) is 6.54 Å². The molecule has 0 aromatic heterocycles. The minimum Gasteiger partial charge on any atom is -0.477 e. The van der Waals surface area contributed by atoms with Gasteiger partial charge in [-0.3, -0.25) is 4.48 Å². The molecule has 0 aliphatic carbocycles. The Balaban J connectivity index is 6.27. The first-order valence-electron chi connectivity index (χ1n) is 12.4. The predicted octanol–water partition coefficient (Wildman–Crippen LogP) is 5.48. The van der Waals surface area contributed by atoms with Crippen molar-refractivity contribution in [2.75, 3.05) is 6.54 Å². The summed E-state index contributed by atoms with van der Waals surface area (Å²) >= 11 is 0. The number of nitrogens with zero attached hydrogens (tertiary/aromatic N) is 1. The lowest BCUT2D eigenvalue weighted by molar-refractivity contribution is -0.973. The molecule has 0 fully saturated rings. The number of allylic oxidation sites excluding steroid dienone is 1. The van der Waals surface area contributed by atoms with E-state index in [0.717, 1.165) is 19.3 Å². The summed E-state index contributed by atoms with van der Waals surface area (Å²) in [7, 11) is 0. The van der Waals surface area contributed by atoms with Gasteiger partial charge in [0.2, 0.25) is 0 Å². The Kier molecular flexibility index (Phi) is 15.7. The maximum atomic E-state index is 12.4. The molecule has 3 N–H and O–H groups in total. The van der Waals surface area contributed by atoms with Crippen LogP contribution in [0.15, 0.2) is 12.2 Å². The molecule has 3 atom stereocenters. The lowest BCUT2D eigenvalue weighted by Gasteiger charge is -2.50. The van der Waals surface area contributed by atoms with Crippen LogP contribution in [-0.4, -0.2) is 62.4 Å². The molecule has 7 nitrogen and oxygen atoms in total. The Morgan fingerprint density at radius 3 is 1.38 bits per heavy atom. The molecule has 0 aromatic rings. The molecule has 32 heavy (non-hydrogen) atoms. The number of unbranched alkanes of at least 4 members (excludes halogenated alkanes) is 4. The number of carbonyl (C=O) groups is 3. The summed E-state index contributed by atoms with van der Waals surface area (Å²) in [5, 5.41) is 30.4. The van der Waals surface area contributed by atoms with E-state index in [1.165, 1.54) is 12.8 Å². The van der Waals surface area contributed by atoms with E-state index in [1.807, 2.05) is 26.8 Å². The van der Waals surface area contributed by atoms with Crippen LogP contribution in [-0.2, 0) is 14.4 Å². The van der Waals surface area contributed by atoms with Gasteiger partial charge in [0.25, 0.3) is 0 Å². The lowest BCUT2D eigenvalue weighted by Crippen LogP contribution is -2.72. The first kappa shape index (κ1) is 30.1. The average Bonchev–Trinajstić information content (AvgIpc) is 2.73. The van der Waals surface area contributed by atoms with Crippen molar-refractivity contribution < 1.29 is 34.2 Å². The van der Waals surface area contributed by atoms with Crippen molar-refractivity contribution in [3.63, 3.8) is 0 Å². The van der Waals surface area contributed by atoms with E-state index < -0.39 is 40.5 Å². The van der Waals surface area contributed by atoms with Crippen LogP contribution < -0.4 is 0 Å². The van der Waals surface area contributed by atoms with Gasteiger partial charge in [0, 0.05) is 25.7 Å². The average molecular weight is 457 g/mol. The van der Waals surface area contributed by atoms with Gasteiger partial charge in [0.1, 0.15) is 0 Å². The van der Waals surface area contributed by atoms with Crippen LogP contribution in [0.1, 0.15) is 105 Å². The molecule has 186 valence electrons. The first-order chi connectivity index (χ1) is 15.2. The van der Waals surface area contributed by atoms with Crippen LogP contribution >= 0.6 is 0 Å². The highest BCUT2D eigenvalue weighted by Crippen LogP contribution is 2.34. The molecule has 0 saturated heterocycles. The van der Waals surface area contributed by atoms with Crippen LogP contribution in [0.4, 0.5) is 0 Å². The summed E-state index contributed by atoms with van der Waals surface area (Å²) < 4.78 is -0.421. The molecule has 0 rings (SSSR count). The zero-order valence-electron chi connectivity index (χ0n) is 20.6. The van der Waals surface area contributed by atoms with Crippen LogP contribution in [0.3, 0.4) is 0 Å². The van der Waals surface area contributed by atoms with Gasteiger partial charge >= 0.3 is 17.9 Å². The third kappa shape index (κ3) is 8.93. The molecule has 0 radical (unpaired) electrons. The van der Waals surface area contributed by atoms with Crippen LogP contribution in [0.25, 0.3) is 0 Å². The van der Waals surface area contributed by atoms with Gasteiger partial charge in [-0.05, 0) is 32.1 Å². The van der Waals surface area contributed by atoms with Crippen molar-refractivity contribution in [2.45, 2.75) is 123 Å². The molecule has 0 aliphatic heterocycles. The van der Waals surface area contributed by atoms with E-state index >= 15 is 0 Å². The van der Waals surface area contributed by atoms with Crippen LogP contribution in [0, 0.1) is 0 Å². The number of hydrogen-bond donors (Lipinski definition) is 3. The van der Waals surface area contributed by atoms with Gasteiger partial charge in [-0.25, -0.2) is 14.4 Å². The highest BCUT2D eigenvalue weighted by molar-refractivity contribution is 5.78. The zero-order chi connectivity index (χ0) is 24.6. The van der Waals surface area contributed by atoms with Crippen molar-refractivity contribution in [3.05, 3.63) is 12.2 Å². The van der Waals surface area contributed by atoms with E-state index in [1.54, 1.807) is 0 Å². The molecular formula is C25H46NO6+. The molecule has 0 bridgehead atoms. The van der Waals surface area contributed by atoms with Gasteiger partial charge in [-0.2, -0.15) is 0 Å².